The van der Waals surface area contributed by atoms with Crippen LogP contribution in [-0.4, -0.2) is 5.78 Å². The molecule has 0 amide bonds. The smallest absolute Gasteiger partial charge is 0.195 e. The molecule has 0 unspecified atom stereocenters. The SMILES string of the molecule is Cc1cc(C(=O)c2ccccc2Br)cs1. The van der Waals surface area contributed by atoms with Crippen LogP contribution in [0.15, 0.2) is 40.2 Å². The van der Waals surface area contributed by atoms with E-state index in [1.807, 2.05) is 42.6 Å². The summed E-state index contributed by atoms with van der Waals surface area (Å²) >= 11 is 4.98. The first kappa shape index (κ1) is 10.6. The number of ketones is 1. The standard InChI is InChI=1S/C12H9BrOS/c1-8-6-9(7-15-8)12(14)10-4-2-3-5-11(10)13/h2-7H,1H3. The van der Waals surface area contributed by atoms with Gasteiger partial charge in [0.25, 0.3) is 0 Å². The van der Waals surface area contributed by atoms with Gasteiger partial charge in [0.15, 0.2) is 5.78 Å². The van der Waals surface area contributed by atoms with Crippen LogP contribution >= 0.6 is 27.3 Å². The van der Waals surface area contributed by atoms with Crippen LogP contribution in [0.4, 0.5) is 0 Å². The van der Waals surface area contributed by atoms with E-state index in [2.05, 4.69) is 15.9 Å². The molecule has 0 radical (unpaired) electrons. The molecule has 0 aliphatic carbocycles. The third-order valence-corrected chi connectivity index (χ3v) is 3.66. The van der Waals surface area contributed by atoms with E-state index < -0.39 is 0 Å². The predicted octanol–water partition coefficient (Wildman–Crippen LogP) is 4.05. The second kappa shape index (κ2) is 4.29. The highest BCUT2D eigenvalue weighted by Gasteiger charge is 2.12. The predicted molar refractivity (Wildman–Crippen MR) is 66.6 cm³/mol. The number of thiophene rings is 1. The van der Waals surface area contributed by atoms with Gasteiger partial charge in [0.1, 0.15) is 0 Å². The zero-order valence-electron chi connectivity index (χ0n) is 8.16. The van der Waals surface area contributed by atoms with Gasteiger partial charge in [0.2, 0.25) is 0 Å². The third kappa shape index (κ3) is 2.19. The number of carbonyl (C=O) groups excluding carboxylic acids is 1. The normalized spacial score (nSPS) is 10.3. The molecule has 76 valence electrons. The second-order valence-electron chi connectivity index (χ2n) is 3.26. The maximum atomic E-state index is 12.1. The van der Waals surface area contributed by atoms with E-state index in [9.17, 15) is 4.79 Å². The van der Waals surface area contributed by atoms with Crippen LogP contribution in [0.25, 0.3) is 0 Å². The van der Waals surface area contributed by atoms with Crippen molar-refractivity contribution < 1.29 is 4.79 Å². The molecule has 2 aromatic rings. The van der Waals surface area contributed by atoms with E-state index in [0.29, 0.717) is 0 Å². The molecule has 0 atom stereocenters. The number of hydrogen-bond acceptors (Lipinski definition) is 2. The minimum atomic E-state index is 0.0758. The highest BCUT2D eigenvalue weighted by atomic mass is 79.9. The summed E-state index contributed by atoms with van der Waals surface area (Å²) in [5.41, 5.74) is 1.49. The molecule has 1 aromatic carbocycles. The van der Waals surface area contributed by atoms with Gasteiger partial charge in [-0.1, -0.05) is 28.1 Å². The van der Waals surface area contributed by atoms with Gasteiger partial charge in [-0.25, -0.2) is 0 Å². The van der Waals surface area contributed by atoms with E-state index in [1.54, 1.807) is 11.3 Å². The Kier molecular flexibility index (Phi) is 3.03. The Labute approximate surface area is 101 Å². The van der Waals surface area contributed by atoms with E-state index in [1.165, 1.54) is 0 Å². The molecule has 1 aromatic heterocycles. The molecule has 3 heteroatoms. The quantitative estimate of drug-likeness (QED) is 0.759. The van der Waals surface area contributed by atoms with Gasteiger partial charge in [-0.2, -0.15) is 0 Å². The second-order valence-corrected chi connectivity index (χ2v) is 5.22. The average molecular weight is 281 g/mol. The fourth-order valence-corrected chi connectivity index (χ4v) is 2.51. The van der Waals surface area contributed by atoms with Crippen molar-refractivity contribution in [2.45, 2.75) is 6.92 Å². The van der Waals surface area contributed by atoms with Crippen molar-refractivity contribution in [1.82, 2.24) is 0 Å². The Morgan fingerprint density at radius 2 is 2.07 bits per heavy atom. The molecule has 0 aliphatic rings. The van der Waals surface area contributed by atoms with Crippen molar-refractivity contribution in [3.63, 3.8) is 0 Å². The summed E-state index contributed by atoms with van der Waals surface area (Å²) in [5.74, 6) is 0.0758. The summed E-state index contributed by atoms with van der Waals surface area (Å²) in [4.78, 5) is 13.2. The lowest BCUT2D eigenvalue weighted by molar-refractivity contribution is 0.103. The van der Waals surface area contributed by atoms with E-state index in [4.69, 9.17) is 0 Å². The van der Waals surface area contributed by atoms with Crippen molar-refractivity contribution in [3.05, 3.63) is 56.2 Å². The molecule has 0 N–H and O–H groups in total. The van der Waals surface area contributed by atoms with Crippen LogP contribution in [0.2, 0.25) is 0 Å². The van der Waals surface area contributed by atoms with Crippen molar-refractivity contribution in [3.8, 4) is 0 Å². The Bertz CT molecular complexity index is 502. The van der Waals surface area contributed by atoms with Crippen LogP contribution in [0.5, 0.6) is 0 Å². The van der Waals surface area contributed by atoms with Crippen molar-refractivity contribution >= 4 is 33.0 Å². The summed E-state index contributed by atoms with van der Waals surface area (Å²) in [6.45, 7) is 2.00. The van der Waals surface area contributed by atoms with E-state index in [-0.39, 0.29) is 5.78 Å². The summed E-state index contributed by atoms with van der Waals surface area (Å²) in [6, 6.07) is 9.41. The number of aryl methyl sites for hydroxylation is 1. The first-order valence-corrected chi connectivity index (χ1v) is 6.20. The molecular formula is C12H9BrOS. The maximum absolute atomic E-state index is 12.1. The molecule has 1 nitrogen and oxygen atoms in total. The third-order valence-electron chi connectivity index (χ3n) is 2.11. The average Bonchev–Trinajstić information content (AvgIpc) is 2.65. The topological polar surface area (TPSA) is 17.1 Å². The molecule has 2 rings (SSSR count). The highest BCUT2D eigenvalue weighted by Crippen LogP contribution is 2.22. The van der Waals surface area contributed by atoms with Crippen LogP contribution < -0.4 is 0 Å². The largest absolute Gasteiger partial charge is 0.289 e. The van der Waals surface area contributed by atoms with Gasteiger partial charge in [0, 0.05) is 25.9 Å². The minimum absolute atomic E-state index is 0.0758. The number of benzene rings is 1. The minimum Gasteiger partial charge on any atom is -0.289 e. The Hall–Kier alpha value is -0.930. The first-order valence-electron chi connectivity index (χ1n) is 4.53. The lowest BCUT2D eigenvalue weighted by Crippen LogP contribution is -2.00. The van der Waals surface area contributed by atoms with Crippen LogP contribution in [0.3, 0.4) is 0 Å². The van der Waals surface area contributed by atoms with Gasteiger partial charge in [0.05, 0.1) is 0 Å². The Balaban J connectivity index is 2.41. The zero-order chi connectivity index (χ0) is 10.8. The number of carbonyl (C=O) groups is 1. The lowest BCUT2D eigenvalue weighted by atomic mass is 10.1. The van der Waals surface area contributed by atoms with E-state index in [0.717, 1.165) is 20.5 Å². The lowest BCUT2D eigenvalue weighted by Gasteiger charge is -2.00. The van der Waals surface area contributed by atoms with Crippen LogP contribution in [0.1, 0.15) is 20.8 Å². The van der Waals surface area contributed by atoms with E-state index >= 15 is 0 Å². The van der Waals surface area contributed by atoms with Crippen LogP contribution in [-0.2, 0) is 0 Å². The summed E-state index contributed by atoms with van der Waals surface area (Å²) < 4.78 is 0.846. The van der Waals surface area contributed by atoms with Crippen molar-refractivity contribution in [2.24, 2.45) is 0 Å². The summed E-state index contributed by atoms with van der Waals surface area (Å²) in [7, 11) is 0. The molecular weight excluding hydrogens is 272 g/mol. The molecule has 0 spiro atoms. The van der Waals surface area contributed by atoms with Gasteiger partial charge in [-0.3, -0.25) is 4.79 Å². The maximum Gasteiger partial charge on any atom is 0.195 e. The molecule has 0 aliphatic heterocycles. The zero-order valence-corrected chi connectivity index (χ0v) is 10.6. The molecule has 1 heterocycles. The molecule has 15 heavy (non-hydrogen) atoms. The summed E-state index contributed by atoms with van der Waals surface area (Å²) in [5, 5.41) is 1.90. The molecule has 0 saturated heterocycles. The Morgan fingerprint density at radius 3 is 2.67 bits per heavy atom. The van der Waals surface area contributed by atoms with Gasteiger partial charge in [-0.05, 0) is 25.1 Å². The van der Waals surface area contributed by atoms with Crippen LogP contribution in [0, 0.1) is 6.92 Å². The highest BCUT2D eigenvalue weighted by molar-refractivity contribution is 9.10. The van der Waals surface area contributed by atoms with Crippen molar-refractivity contribution in [1.29, 1.82) is 0 Å². The van der Waals surface area contributed by atoms with Gasteiger partial charge < -0.3 is 0 Å². The molecule has 0 saturated carbocycles. The van der Waals surface area contributed by atoms with Gasteiger partial charge >= 0.3 is 0 Å². The summed E-state index contributed by atoms with van der Waals surface area (Å²) in [6.07, 6.45) is 0. The number of halogens is 1. The van der Waals surface area contributed by atoms with Crippen molar-refractivity contribution in [2.75, 3.05) is 0 Å². The first-order chi connectivity index (χ1) is 7.18. The Morgan fingerprint density at radius 1 is 1.33 bits per heavy atom. The molecule has 0 fully saturated rings. The number of hydrogen-bond donors (Lipinski definition) is 0. The number of rotatable bonds is 2. The molecule has 0 bridgehead atoms. The fraction of sp³-hybridized carbons (Fsp3) is 0.0833. The fourth-order valence-electron chi connectivity index (χ4n) is 1.36. The monoisotopic (exact) mass is 280 g/mol. The van der Waals surface area contributed by atoms with Gasteiger partial charge in [-0.15, -0.1) is 11.3 Å².